The predicted octanol–water partition coefficient (Wildman–Crippen LogP) is 1.99. The van der Waals surface area contributed by atoms with Crippen LogP contribution in [0.1, 0.15) is 6.42 Å². The molecule has 0 spiro atoms. The number of hydrogen-bond acceptors (Lipinski definition) is 2. The first-order valence-corrected chi connectivity index (χ1v) is 5.96. The van der Waals surface area contributed by atoms with Crippen LogP contribution in [0.15, 0.2) is 12.1 Å². The third kappa shape index (κ3) is 2.57. The fourth-order valence-corrected chi connectivity index (χ4v) is 2.14. The smallest absolute Gasteiger partial charge is 0.246 e. The van der Waals surface area contributed by atoms with Crippen LogP contribution in [0.5, 0.6) is 0 Å². The first-order valence-electron chi connectivity index (χ1n) is 5.20. The van der Waals surface area contributed by atoms with Gasteiger partial charge in [-0.05, 0) is 12.1 Å². The summed E-state index contributed by atoms with van der Waals surface area (Å²) in [5, 5.41) is 2.15. The van der Waals surface area contributed by atoms with Crippen molar-refractivity contribution in [3.05, 3.63) is 28.0 Å². The lowest BCUT2D eigenvalue weighted by Crippen LogP contribution is -2.35. The van der Waals surface area contributed by atoms with E-state index in [-0.39, 0.29) is 41.4 Å². The van der Waals surface area contributed by atoms with Crippen LogP contribution in [0, 0.1) is 5.82 Å². The summed E-state index contributed by atoms with van der Waals surface area (Å²) in [4.78, 5) is 24.3. The van der Waals surface area contributed by atoms with E-state index in [0.29, 0.717) is 5.69 Å². The molecule has 0 atom stereocenters. The van der Waals surface area contributed by atoms with E-state index in [2.05, 4.69) is 5.32 Å². The number of carbonyl (C=O) groups is 2. The highest BCUT2D eigenvalue weighted by atomic mass is 35.5. The topological polar surface area (TPSA) is 49.4 Å². The van der Waals surface area contributed by atoms with Crippen LogP contribution in [-0.4, -0.2) is 24.9 Å². The molecule has 1 aliphatic heterocycles. The number of nitrogens with zero attached hydrogens (tertiary/aromatic N) is 1. The maximum absolute atomic E-state index is 13.3. The molecule has 0 radical (unpaired) electrons. The summed E-state index contributed by atoms with van der Waals surface area (Å²) in [7, 11) is 0. The van der Waals surface area contributed by atoms with Crippen LogP contribution in [0.2, 0.25) is 10.0 Å². The molecule has 7 heteroatoms. The number of benzene rings is 1. The molecule has 2 amide bonds. The molecule has 0 bridgehead atoms. The van der Waals surface area contributed by atoms with E-state index in [1.165, 1.54) is 17.0 Å². The highest BCUT2D eigenvalue weighted by molar-refractivity contribution is 6.35. The largest absolute Gasteiger partial charge is 0.347 e. The second kappa shape index (κ2) is 5.12. The molecular weight excluding hydrogens is 282 g/mol. The number of halogens is 3. The van der Waals surface area contributed by atoms with Crippen molar-refractivity contribution in [3.63, 3.8) is 0 Å². The van der Waals surface area contributed by atoms with Crippen molar-refractivity contribution in [2.24, 2.45) is 0 Å². The number of hydrogen-bond donors (Lipinski definition) is 1. The van der Waals surface area contributed by atoms with Crippen LogP contribution >= 0.6 is 23.2 Å². The molecule has 96 valence electrons. The lowest BCUT2D eigenvalue weighted by atomic mass is 10.2. The van der Waals surface area contributed by atoms with Crippen molar-refractivity contribution >= 4 is 40.7 Å². The van der Waals surface area contributed by atoms with Gasteiger partial charge in [0.05, 0.1) is 16.6 Å². The van der Waals surface area contributed by atoms with Crippen molar-refractivity contribution in [2.45, 2.75) is 6.42 Å². The van der Waals surface area contributed by atoms with Crippen LogP contribution in [0.4, 0.5) is 10.1 Å². The molecule has 1 fully saturated rings. The van der Waals surface area contributed by atoms with Gasteiger partial charge in [0.1, 0.15) is 0 Å². The number of amides is 2. The maximum Gasteiger partial charge on any atom is 0.246 e. The zero-order chi connectivity index (χ0) is 13.3. The molecular formula is C11H9Cl2FN2O2. The molecule has 18 heavy (non-hydrogen) atoms. The lowest BCUT2D eigenvalue weighted by Gasteiger charge is -2.20. The Labute approximate surface area is 113 Å². The van der Waals surface area contributed by atoms with E-state index < -0.39 is 5.82 Å². The normalized spacial score (nSPS) is 16.5. The number of rotatable bonds is 1. The highest BCUT2D eigenvalue weighted by Crippen LogP contribution is 2.29. The van der Waals surface area contributed by atoms with E-state index >= 15 is 0 Å². The molecule has 0 aliphatic carbocycles. The number of nitrogens with one attached hydrogen (secondary N) is 1. The molecule has 0 aromatic heterocycles. The molecule has 1 heterocycles. The van der Waals surface area contributed by atoms with Gasteiger partial charge in [0.2, 0.25) is 11.8 Å². The minimum absolute atomic E-state index is 0.0918. The Hall–Kier alpha value is -1.33. The first kappa shape index (κ1) is 13.1. The Morgan fingerprint density at radius 3 is 2.44 bits per heavy atom. The minimum Gasteiger partial charge on any atom is -0.347 e. The van der Waals surface area contributed by atoms with E-state index in [0.717, 1.165) is 0 Å². The van der Waals surface area contributed by atoms with Gasteiger partial charge >= 0.3 is 0 Å². The summed E-state index contributed by atoms with van der Waals surface area (Å²) < 4.78 is 13.3. The Bertz CT molecular complexity index is 499. The maximum atomic E-state index is 13.3. The van der Waals surface area contributed by atoms with Gasteiger partial charge < -0.3 is 10.2 Å². The summed E-state index contributed by atoms with van der Waals surface area (Å²) in [5.74, 6) is -1.22. The van der Waals surface area contributed by atoms with Crippen molar-refractivity contribution in [1.29, 1.82) is 0 Å². The van der Waals surface area contributed by atoms with Gasteiger partial charge in [-0.2, -0.15) is 0 Å². The van der Waals surface area contributed by atoms with Crippen molar-refractivity contribution in [2.75, 3.05) is 18.0 Å². The lowest BCUT2D eigenvalue weighted by molar-refractivity contribution is -0.123. The van der Waals surface area contributed by atoms with E-state index in [1.54, 1.807) is 0 Å². The Morgan fingerprint density at radius 2 is 1.83 bits per heavy atom. The molecule has 1 aliphatic rings. The van der Waals surface area contributed by atoms with E-state index in [1.807, 2.05) is 0 Å². The van der Waals surface area contributed by atoms with Gasteiger partial charge in [0.25, 0.3) is 0 Å². The molecule has 1 aromatic rings. The summed E-state index contributed by atoms with van der Waals surface area (Å²) in [5.41, 5.74) is 0.382. The Kier molecular flexibility index (Phi) is 3.73. The minimum atomic E-state index is -0.724. The third-order valence-electron chi connectivity index (χ3n) is 2.58. The van der Waals surface area contributed by atoms with Gasteiger partial charge in [0, 0.05) is 18.7 Å². The monoisotopic (exact) mass is 290 g/mol. The highest BCUT2D eigenvalue weighted by Gasteiger charge is 2.22. The van der Waals surface area contributed by atoms with Crippen LogP contribution in [-0.2, 0) is 9.59 Å². The first-order chi connectivity index (χ1) is 8.49. The number of anilines is 1. The van der Waals surface area contributed by atoms with Gasteiger partial charge in [0.15, 0.2) is 5.82 Å². The fourth-order valence-electron chi connectivity index (χ4n) is 1.67. The Balaban J connectivity index is 2.35. The van der Waals surface area contributed by atoms with Crippen molar-refractivity contribution in [1.82, 2.24) is 5.32 Å². The second-order valence-electron chi connectivity index (χ2n) is 3.80. The molecule has 4 nitrogen and oxygen atoms in total. The second-order valence-corrected chi connectivity index (χ2v) is 4.61. The van der Waals surface area contributed by atoms with Crippen LogP contribution in [0.3, 0.4) is 0 Å². The summed E-state index contributed by atoms with van der Waals surface area (Å²) in [6.07, 6.45) is 0.179. The van der Waals surface area contributed by atoms with Gasteiger partial charge in [-0.1, -0.05) is 23.2 Å². The third-order valence-corrected chi connectivity index (χ3v) is 3.13. The predicted molar refractivity (Wildman–Crippen MR) is 66.4 cm³/mol. The SMILES string of the molecule is O=C1CCN(c2cc(Cl)c(F)c(Cl)c2)C(=O)CN1. The van der Waals surface area contributed by atoms with Crippen LogP contribution in [0.25, 0.3) is 0 Å². The zero-order valence-electron chi connectivity index (χ0n) is 9.17. The van der Waals surface area contributed by atoms with E-state index in [4.69, 9.17) is 23.2 Å². The zero-order valence-corrected chi connectivity index (χ0v) is 10.7. The van der Waals surface area contributed by atoms with Gasteiger partial charge in [-0.15, -0.1) is 0 Å². The molecule has 1 aromatic carbocycles. The average Bonchev–Trinajstić information content (AvgIpc) is 2.48. The summed E-state index contributed by atoms with van der Waals surface area (Å²) >= 11 is 11.4. The quantitative estimate of drug-likeness (QED) is 0.804. The standard InChI is InChI=1S/C11H9Cl2FN2O2/c12-7-3-6(4-8(13)11(7)14)16-2-1-9(17)15-5-10(16)18/h3-4H,1-2,5H2,(H,15,17). The molecule has 1 saturated heterocycles. The molecule has 0 saturated carbocycles. The fraction of sp³-hybridized carbons (Fsp3) is 0.273. The molecule has 1 N–H and O–H groups in total. The van der Waals surface area contributed by atoms with E-state index in [9.17, 15) is 14.0 Å². The van der Waals surface area contributed by atoms with Gasteiger partial charge in [-0.3, -0.25) is 9.59 Å². The summed E-state index contributed by atoms with van der Waals surface area (Å²) in [6, 6.07) is 2.63. The Morgan fingerprint density at radius 1 is 1.22 bits per heavy atom. The van der Waals surface area contributed by atoms with Crippen molar-refractivity contribution < 1.29 is 14.0 Å². The molecule has 0 unspecified atom stereocenters. The van der Waals surface area contributed by atoms with Crippen LogP contribution < -0.4 is 10.2 Å². The summed E-state index contributed by atoms with van der Waals surface area (Å²) in [6.45, 7) is 0.119. The average molecular weight is 291 g/mol. The van der Waals surface area contributed by atoms with Gasteiger partial charge in [-0.25, -0.2) is 4.39 Å². The molecule has 2 rings (SSSR count). The number of carbonyl (C=O) groups excluding carboxylic acids is 2. The van der Waals surface area contributed by atoms with Crippen molar-refractivity contribution in [3.8, 4) is 0 Å².